The van der Waals surface area contributed by atoms with Crippen LogP contribution in [0.5, 0.6) is 0 Å². The van der Waals surface area contributed by atoms with Gasteiger partial charge in [-0.3, -0.25) is 14.5 Å². The number of furan rings is 1. The molecule has 1 aliphatic rings. The van der Waals surface area contributed by atoms with Crippen LogP contribution >= 0.6 is 23.2 Å². The summed E-state index contributed by atoms with van der Waals surface area (Å²) in [5.74, 6) is -1.85. The Labute approximate surface area is 199 Å². The first-order chi connectivity index (χ1) is 15.8. The Morgan fingerprint density at radius 3 is 2.42 bits per heavy atom. The van der Waals surface area contributed by atoms with E-state index in [2.05, 4.69) is 0 Å². The number of Topliss-reactive ketones (excluding diaryl/α,β-unsaturated/α-hetero) is 1. The number of hydrogen-bond donors (Lipinski definition) is 1. The van der Waals surface area contributed by atoms with Crippen LogP contribution < -0.4 is 4.90 Å². The summed E-state index contributed by atoms with van der Waals surface area (Å²) in [7, 11) is 0. The number of hydrogen-bond acceptors (Lipinski definition) is 4. The van der Waals surface area contributed by atoms with Gasteiger partial charge in [0, 0.05) is 21.1 Å². The summed E-state index contributed by atoms with van der Waals surface area (Å²) in [6.07, 6.45) is 0. The number of aryl methyl sites for hydroxylation is 1. The van der Waals surface area contributed by atoms with E-state index < -0.39 is 23.5 Å². The van der Waals surface area contributed by atoms with E-state index in [4.69, 9.17) is 27.6 Å². The lowest BCUT2D eigenvalue weighted by molar-refractivity contribution is -0.117. The number of halogens is 2. The van der Waals surface area contributed by atoms with E-state index in [9.17, 15) is 14.7 Å². The quantitative estimate of drug-likeness (QED) is 0.327. The van der Waals surface area contributed by atoms with E-state index in [-0.39, 0.29) is 11.3 Å². The summed E-state index contributed by atoms with van der Waals surface area (Å²) in [6.45, 7) is 1.92. The number of aliphatic hydroxyl groups excluding tert-OH is 1. The minimum absolute atomic E-state index is 0.0113. The Hall–Kier alpha value is -3.54. The van der Waals surface area contributed by atoms with Gasteiger partial charge in [0.05, 0.1) is 11.6 Å². The van der Waals surface area contributed by atoms with Crippen LogP contribution in [0.2, 0.25) is 10.0 Å². The van der Waals surface area contributed by atoms with Crippen molar-refractivity contribution in [1.29, 1.82) is 0 Å². The van der Waals surface area contributed by atoms with Crippen molar-refractivity contribution in [3.63, 3.8) is 0 Å². The van der Waals surface area contributed by atoms with Crippen molar-refractivity contribution >= 4 is 51.5 Å². The molecule has 1 aromatic heterocycles. The first kappa shape index (κ1) is 21.3. The zero-order chi connectivity index (χ0) is 23.3. The van der Waals surface area contributed by atoms with E-state index in [1.807, 2.05) is 31.2 Å². The predicted molar refractivity (Wildman–Crippen MR) is 128 cm³/mol. The van der Waals surface area contributed by atoms with E-state index in [1.165, 1.54) is 4.90 Å². The van der Waals surface area contributed by atoms with Gasteiger partial charge in [-0.05, 0) is 61.0 Å². The molecule has 0 aliphatic carbocycles. The van der Waals surface area contributed by atoms with E-state index >= 15 is 0 Å². The molecular weight excluding hydrogens is 461 g/mol. The molecule has 0 bridgehead atoms. The van der Waals surface area contributed by atoms with Gasteiger partial charge in [-0.2, -0.15) is 0 Å². The molecule has 1 N–H and O–H groups in total. The highest BCUT2D eigenvalue weighted by Gasteiger charge is 2.45. The molecule has 1 aliphatic heterocycles. The number of ketones is 1. The Morgan fingerprint density at radius 2 is 1.70 bits per heavy atom. The summed E-state index contributed by atoms with van der Waals surface area (Å²) >= 11 is 12.1. The van der Waals surface area contributed by atoms with Crippen molar-refractivity contribution < 1.29 is 19.1 Å². The lowest BCUT2D eigenvalue weighted by Gasteiger charge is -2.27. The minimum Gasteiger partial charge on any atom is -0.503 e. The highest BCUT2D eigenvalue weighted by atomic mass is 35.5. The number of aliphatic hydroxyl groups is 1. The largest absolute Gasteiger partial charge is 0.503 e. The summed E-state index contributed by atoms with van der Waals surface area (Å²) in [6, 6.07) is 19.8. The molecule has 0 fully saturated rings. The third-order valence-corrected chi connectivity index (χ3v) is 6.10. The number of rotatable bonds is 4. The van der Waals surface area contributed by atoms with Gasteiger partial charge in [0.2, 0.25) is 5.78 Å². The Kier molecular flexibility index (Phi) is 5.23. The van der Waals surface area contributed by atoms with Gasteiger partial charge in [0.1, 0.15) is 5.58 Å². The Bertz CT molecular complexity index is 1450. The van der Waals surface area contributed by atoms with Crippen molar-refractivity contribution in [3.05, 3.63) is 111 Å². The second-order valence-corrected chi connectivity index (χ2v) is 8.73. The van der Waals surface area contributed by atoms with Gasteiger partial charge in [-0.1, -0.05) is 53.0 Å². The van der Waals surface area contributed by atoms with Gasteiger partial charge >= 0.3 is 0 Å². The van der Waals surface area contributed by atoms with Gasteiger partial charge in [0.15, 0.2) is 11.5 Å². The third-order valence-electron chi connectivity index (χ3n) is 5.62. The zero-order valence-electron chi connectivity index (χ0n) is 17.4. The highest BCUT2D eigenvalue weighted by molar-refractivity contribution is 6.31. The standard InChI is InChI=1S/C26H17Cl2NO4/c1-14-3-2-4-15(11-14)23-22(24(30)21-13-16-12-18(28)7-10-20(16)33-21)25(31)26(32)29(23)19-8-5-17(27)6-9-19/h2-13,23,31H,1H3. The van der Waals surface area contributed by atoms with Gasteiger partial charge in [-0.25, -0.2) is 0 Å². The summed E-state index contributed by atoms with van der Waals surface area (Å²) in [5, 5.41) is 12.5. The molecule has 2 heterocycles. The van der Waals surface area contributed by atoms with E-state index in [1.54, 1.807) is 48.5 Å². The molecule has 5 nitrogen and oxygen atoms in total. The van der Waals surface area contributed by atoms with Crippen molar-refractivity contribution in [2.24, 2.45) is 0 Å². The van der Waals surface area contributed by atoms with E-state index in [0.717, 1.165) is 5.56 Å². The predicted octanol–water partition coefficient (Wildman–Crippen LogP) is 6.83. The smallest absolute Gasteiger partial charge is 0.294 e. The molecule has 4 aromatic rings. The molecule has 3 aromatic carbocycles. The lowest BCUT2D eigenvalue weighted by atomic mass is 9.94. The fourth-order valence-electron chi connectivity index (χ4n) is 4.12. The number of benzene rings is 3. The minimum atomic E-state index is -0.845. The second kappa shape index (κ2) is 8.10. The molecule has 0 saturated heterocycles. The third kappa shape index (κ3) is 3.69. The number of carbonyl (C=O) groups is 2. The molecule has 0 radical (unpaired) electrons. The summed E-state index contributed by atoms with van der Waals surface area (Å²) < 4.78 is 5.74. The van der Waals surface area contributed by atoms with Crippen LogP contribution in [-0.2, 0) is 4.79 Å². The first-order valence-corrected chi connectivity index (χ1v) is 10.9. The molecule has 1 amide bonds. The second-order valence-electron chi connectivity index (χ2n) is 7.85. The molecule has 7 heteroatoms. The normalized spacial score (nSPS) is 16.2. The molecule has 0 saturated carbocycles. The van der Waals surface area contributed by atoms with Crippen LogP contribution in [-0.4, -0.2) is 16.8 Å². The maximum atomic E-state index is 13.6. The topological polar surface area (TPSA) is 70.7 Å². The number of amides is 1. The maximum absolute atomic E-state index is 13.6. The number of carbonyl (C=O) groups excluding carboxylic acids is 2. The molecule has 5 rings (SSSR count). The Morgan fingerprint density at radius 1 is 0.970 bits per heavy atom. The van der Waals surface area contributed by atoms with Crippen LogP contribution in [0.3, 0.4) is 0 Å². The molecule has 164 valence electrons. The monoisotopic (exact) mass is 477 g/mol. The molecule has 0 spiro atoms. The van der Waals surface area contributed by atoms with Gasteiger partial charge in [-0.15, -0.1) is 0 Å². The van der Waals surface area contributed by atoms with Crippen molar-refractivity contribution in [2.45, 2.75) is 13.0 Å². The van der Waals surface area contributed by atoms with Crippen molar-refractivity contribution in [3.8, 4) is 0 Å². The maximum Gasteiger partial charge on any atom is 0.294 e. The average Bonchev–Trinajstić information content (AvgIpc) is 3.33. The summed E-state index contributed by atoms with van der Waals surface area (Å²) in [4.78, 5) is 28.2. The van der Waals surface area contributed by atoms with Crippen LogP contribution in [0, 0.1) is 6.92 Å². The zero-order valence-corrected chi connectivity index (χ0v) is 18.9. The number of fused-ring (bicyclic) bond motifs is 1. The SMILES string of the molecule is Cc1cccc(C2C(C(=O)c3cc4cc(Cl)ccc4o3)=C(O)C(=O)N2c2ccc(Cl)cc2)c1. The Balaban J connectivity index is 1.66. The molecule has 33 heavy (non-hydrogen) atoms. The van der Waals surface area contributed by atoms with Gasteiger partial charge in [0.25, 0.3) is 5.91 Å². The van der Waals surface area contributed by atoms with Gasteiger partial charge < -0.3 is 9.52 Å². The fourth-order valence-corrected chi connectivity index (χ4v) is 4.43. The van der Waals surface area contributed by atoms with Crippen molar-refractivity contribution in [2.75, 3.05) is 4.90 Å². The number of nitrogens with zero attached hydrogens (tertiary/aromatic N) is 1. The van der Waals surface area contributed by atoms with Crippen LogP contribution in [0.15, 0.2) is 88.5 Å². The molecular formula is C26H17Cl2NO4. The lowest BCUT2D eigenvalue weighted by Crippen LogP contribution is -2.31. The van der Waals surface area contributed by atoms with Crippen LogP contribution in [0.25, 0.3) is 11.0 Å². The molecule has 1 atom stereocenters. The van der Waals surface area contributed by atoms with Crippen molar-refractivity contribution in [1.82, 2.24) is 0 Å². The average molecular weight is 478 g/mol. The molecule has 1 unspecified atom stereocenters. The van der Waals surface area contributed by atoms with Crippen LogP contribution in [0.1, 0.15) is 27.7 Å². The van der Waals surface area contributed by atoms with E-state index in [0.29, 0.717) is 32.3 Å². The highest BCUT2D eigenvalue weighted by Crippen LogP contribution is 2.42. The fraction of sp³-hybridized carbons (Fsp3) is 0.0769. The first-order valence-electron chi connectivity index (χ1n) is 10.2. The summed E-state index contributed by atoms with van der Waals surface area (Å²) in [5.41, 5.74) is 2.57. The number of anilines is 1. The van der Waals surface area contributed by atoms with Crippen LogP contribution in [0.4, 0.5) is 5.69 Å².